The first kappa shape index (κ1) is 14.6. The summed E-state index contributed by atoms with van der Waals surface area (Å²) in [6.45, 7) is 8.96. The Morgan fingerprint density at radius 2 is 1.95 bits per heavy atom. The molecule has 0 spiro atoms. The molecule has 2 aromatic rings. The number of nitrogens with one attached hydrogen (secondary N) is 1. The van der Waals surface area contributed by atoms with E-state index in [-0.39, 0.29) is 6.04 Å². The van der Waals surface area contributed by atoms with Gasteiger partial charge in [0.2, 0.25) is 11.8 Å². The van der Waals surface area contributed by atoms with Gasteiger partial charge < -0.3 is 9.73 Å². The zero-order valence-electron chi connectivity index (χ0n) is 12.5. The number of hydrogen-bond donors (Lipinski definition) is 1. The lowest BCUT2D eigenvalue weighted by Crippen LogP contribution is -2.20. The molecule has 0 saturated heterocycles. The zero-order valence-corrected chi connectivity index (χ0v) is 12.5. The Morgan fingerprint density at radius 3 is 2.60 bits per heavy atom. The number of nitrogens with zero attached hydrogens (tertiary/aromatic N) is 4. The number of aromatic nitrogens is 4. The van der Waals surface area contributed by atoms with E-state index < -0.39 is 0 Å². The number of rotatable bonds is 6. The molecule has 0 saturated carbocycles. The van der Waals surface area contributed by atoms with Crippen molar-refractivity contribution in [3.8, 4) is 11.5 Å². The van der Waals surface area contributed by atoms with Crippen LogP contribution in [-0.4, -0.2) is 26.9 Å². The van der Waals surface area contributed by atoms with E-state index in [1.54, 1.807) is 0 Å². The first-order chi connectivity index (χ1) is 9.69. The van der Waals surface area contributed by atoms with Gasteiger partial charge in [0, 0.05) is 0 Å². The highest BCUT2D eigenvalue weighted by Crippen LogP contribution is 2.24. The second kappa shape index (κ2) is 6.56. The maximum atomic E-state index is 5.82. The standard InChI is InChI=1S/C14H21N5O/c1-5-11-10(8-9(4)16-17-11)13-18-19-14(20-13)12(6-2)15-7-3/h8,12,15H,5-7H2,1-4H3. The third-order valence-electron chi connectivity index (χ3n) is 3.16. The molecule has 2 heterocycles. The highest BCUT2D eigenvalue weighted by molar-refractivity contribution is 5.56. The van der Waals surface area contributed by atoms with Crippen LogP contribution in [-0.2, 0) is 6.42 Å². The van der Waals surface area contributed by atoms with Crippen LogP contribution in [0.4, 0.5) is 0 Å². The van der Waals surface area contributed by atoms with E-state index >= 15 is 0 Å². The van der Waals surface area contributed by atoms with Gasteiger partial charge in [0.1, 0.15) is 0 Å². The van der Waals surface area contributed by atoms with Crippen molar-refractivity contribution >= 4 is 0 Å². The van der Waals surface area contributed by atoms with Crippen LogP contribution in [0.2, 0.25) is 0 Å². The molecule has 1 unspecified atom stereocenters. The molecule has 0 radical (unpaired) electrons. The molecule has 1 N–H and O–H groups in total. The van der Waals surface area contributed by atoms with Crippen molar-refractivity contribution in [3.63, 3.8) is 0 Å². The first-order valence-corrected chi connectivity index (χ1v) is 7.09. The van der Waals surface area contributed by atoms with E-state index in [1.807, 2.05) is 19.9 Å². The van der Waals surface area contributed by atoms with Gasteiger partial charge in [-0.2, -0.15) is 10.2 Å². The molecule has 108 valence electrons. The van der Waals surface area contributed by atoms with Crippen LogP contribution in [0.3, 0.4) is 0 Å². The lowest BCUT2D eigenvalue weighted by Gasteiger charge is -2.10. The topological polar surface area (TPSA) is 76.7 Å². The minimum atomic E-state index is 0.0993. The Bertz CT molecular complexity index is 566. The highest BCUT2D eigenvalue weighted by Gasteiger charge is 2.18. The zero-order chi connectivity index (χ0) is 14.5. The monoisotopic (exact) mass is 275 g/mol. The fourth-order valence-electron chi connectivity index (χ4n) is 2.10. The molecule has 0 aliphatic carbocycles. The molecular formula is C14H21N5O. The van der Waals surface area contributed by atoms with E-state index in [1.165, 1.54) is 0 Å². The Hall–Kier alpha value is -1.82. The fraction of sp³-hybridized carbons (Fsp3) is 0.571. The van der Waals surface area contributed by atoms with Gasteiger partial charge in [-0.3, -0.25) is 0 Å². The Morgan fingerprint density at radius 1 is 1.15 bits per heavy atom. The van der Waals surface area contributed by atoms with Crippen molar-refractivity contribution in [2.45, 2.75) is 46.6 Å². The summed E-state index contributed by atoms with van der Waals surface area (Å²) in [4.78, 5) is 0. The number of hydrogen-bond acceptors (Lipinski definition) is 6. The second-order valence-electron chi connectivity index (χ2n) is 4.66. The van der Waals surface area contributed by atoms with Crippen LogP contribution in [0, 0.1) is 6.92 Å². The molecule has 0 aromatic carbocycles. The average Bonchev–Trinajstić information content (AvgIpc) is 2.94. The smallest absolute Gasteiger partial charge is 0.249 e. The van der Waals surface area contributed by atoms with Gasteiger partial charge in [0.05, 0.1) is 23.0 Å². The lowest BCUT2D eigenvalue weighted by molar-refractivity contribution is 0.401. The van der Waals surface area contributed by atoms with Crippen molar-refractivity contribution in [3.05, 3.63) is 23.3 Å². The molecule has 2 aromatic heterocycles. The van der Waals surface area contributed by atoms with Gasteiger partial charge >= 0.3 is 0 Å². The van der Waals surface area contributed by atoms with Crippen molar-refractivity contribution in [1.29, 1.82) is 0 Å². The van der Waals surface area contributed by atoms with Crippen LogP contribution < -0.4 is 5.32 Å². The van der Waals surface area contributed by atoms with E-state index in [0.29, 0.717) is 11.8 Å². The maximum Gasteiger partial charge on any atom is 0.249 e. The summed E-state index contributed by atoms with van der Waals surface area (Å²) >= 11 is 0. The van der Waals surface area contributed by atoms with E-state index in [4.69, 9.17) is 4.42 Å². The van der Waals surface area contributed by atoms with Crippen LogP contribution in [0.5, 0.6) is 0 Å². The van der Waals surface area contributed by atoms with Gasteiger partial charge in [-0.1, -0.05) is 20.8 Å². The van der Waals surface area contributed by atoms with Crippen LogP contribution in [0.25, 0.3) is 11.5 Å². The Labute approximate surface area is 119 Å². The molecule has 20 heavy (non-hydrogen) atoms. The predicted molar refractivity (Wildman–Crippen MR) is 76.1 cm³/mol. The minimum absolute atomic E-state index is 0.0993. The van der Waals surface area contributed by atoms with Crippen LogP contribution >= 0.6 is 0 Å². The SMILES string of the molecule is CCNC(CC)c1nnc(-c2cc(C)nnc2CC)o1. The van der Waals surface area contributed by atoms with E-state index in [2.05, 4.69) is 39.6 Å². The summed E-state index contributed by atoms with van der Waals surface area (Å²) in [5, 5.41) is 19.9. The third kappa shape index (κ3) is 3.01. The van der Waals surface area contributed by atoms with Crippen molar-refractivity contribution in [1.82, 2.24) is 25.7 Å². The van der Waals surface area contributed by atoms with Gasteiger partial charge in [0.15, 0.2) is 0 Å². The summed E-state index contributed by atoms with van der Waals surface area (Å²) in [6.07, 6.45) is 1.69. The molecule has 1 atom stereocenters. The molecule has 0 fully saturated rings. The summed E-state index contributed by atoms with van der Waals surface area (Å²) in [7, 11) is 0. The van der Waals surface area contributed by atoms with Crippen molar-refractivity contribution < 1.29 is 4.42 Å². The summed E-state index contributed by atoms with van der Waals surface area (Å²) in [5.41, 5.74) is 2.60. The van der Waals surface area contributed by atoms with Gasteiger partial charge in [-0.25, -0.2) is 0 Å². The number of aryl methyl sites for hydroxylation is 2. The minimum Gasteiger partial charge on any atom is -0.419 e. The van der Waals surface area contributed by atoms with Gasteiger partial charge in [-0.05, 0) is 32.4 Å². The maximum absolute atomic E-state index is 5.82. The van der Waals surface area contributed by atoms with Gasteiger partial charge in [-0.15, -0.1) is 10.2 Å². The van der Waals surface area contributed by atoms with E-state index in [9.17, 15) is 0 Å². The summed E-state index contributed by atoms with van der Waals surface area (Å²) in [5.74, 6) is 1.15. The highest BCUT2D eigenvalue weighted by atomic mass is 16.4. The Kier molecular flexibility index (Phi) is 4.79. The van der Waals surface area contributed by atoms with Crippen LogP contribution in [0.1, 0.15) is 50.5 Å². The molecular weight excluding hydrogens is 254 g/mol. The molecule has 0 amide bonds. The molecule has 6 heteroatoms. The normalized spacial score (nSPS) is 12.6. The molecule has 0 aliphatic heterocycles. The lowest BCUT2D eigenvalue weighted by atomic mass is 10.1. The third-order valence-corrected chi connectivity index (χ3v) is 3.16. The van der Waals surface area contributed by atoms with Crippen molar-refractivity contribution in [2.75, 3.05) is 6.54 Å². The van der Waals surface area contributed by atoms with Crippen LogP contribution in [0.15, 0.2) is 10.5 Å². The molecule has 6 nitrogen and oxygen atoms in total. The van der Waals surface area contributed by atoms with Gasteiger partial charge in [0.25, 0.3) is 0 Å². The largest absolute Gasteiger partial charge is 0.419 e. The predicted octanol–water partition coefficient (Wildman–Crippen LogP) is 2.46. The summed E-state index contributed by atoms with van der Waals surface area (Å²) < 4.78 is 5.82. The molecule has 0 aliphatic rings. The van der Waals surface area contributed by atoms with Crippen molar-refractivity contribution in [2.24, 2.45) is 0 Å². The second-order valence-corrected chi connectivity index (χ2v) is 4.66. The first-order valence-electron chi connectivity index (χ1n) is 7.09. The molecule has 0 bridgehead atoms. The summed E-state index contributed by atoms with van der Waals surface area (Å²) in [6, 6.07) is 2.04. The Balaban J connectivity index is 2.35. The average molecular weight is 275 g/mol. The quantitative estimate of drug-likeness (QED) is 0.872. The van der Waals surface area contributed by atoms with E-state index in [0.717, 1.165) is 36.3 Å². The molecule has 2 rings (SSSR count). The fourth-order valence-corrected chi connectivity index (χ4v) is 2.10.